The van der Waals surface area contributed by atoms with Gasteiger partial charge in [-0.2, -0.15) is 8.78 Å². The normalized spacial score (nSPS) is 11.9. The summed E-state index contributed by atoms with van der Waals surface area (Å²) in [6.07, 6.45) is 0.559. The predicted molar refractivity (Wildman–Crippen MR) is 54.6 cm³/mol. The first-order valence-electron chi connectivity index (χ1n) is 4.50. The third-order valence-corrected chi connectivity index (χ3v) is 1.71. The molecule has 0 saturated heterocycles. The number of alkyl halides is 2. The van der Waals surface area contributed by atoms with Gasteiger partial charge < -0.3 is 10.5 Å². The molecule has 0 aliphatic heterocycles. The van der Waals surface area contributed by atoms with Crippen LogP contribution >= 0.6 is 0 Å². The summed E-state index contributed by atoms with van der Waals surface area (Å²) in [6, 6.07) is 6.27. The molecule has 0 amide bonds. The van der Waals surface area contributed by atoms with Crippen LogP contribution in [0.15, 0.2) is 29.3 Å². The molecule has 0 radical (unpaired) electrons. The van der Waals surface area contributed by atoms with Crippen molar-refractivity contribution in [3.63, 3.8) is 0 Å². The van der Waals surface area contributed by atoms with Crippen molar-refractivity contribution in [2.75, 3.05) is 0 Å². The van der Waals surface area contributed by atoms with Crippen molar-refractivity contribution in [1.29, 1.82) is 0 Å². The standard InChI is InChI=1S/C10H12F2N2O/c1-2-9(13)14-7-5-3-4-6-8(7)15-10(11)12/h3-6,10H,2H2,1H3,(H2,13,14). The Kier molecular flexibility index (Phi) is 4.03. The van der Waals surface area contributed by atoms with Gasteiger partial charge in [0.25, 0.3) is 0 Å². The Hall–Kier alpha value is -1.65. The molecule has 0 unspecified atom stereocenters. The molecule has 0 spiro atoms. The summed E-state index contributed by atoms with van der Waals surface area (Å²) in [7, 11) is 0. The first kappa shape index (κ1) is 11.4. The van der Waals surface area contributed by atoms with Crippen LogP contribution in [0.2, 0.25) is 0 Å². The Balaban J connectivity index is 2.96. The van der Waals surface area contributed by atoms with Gasteiger partial charge in [0.05, 0.1) is 5.84 Å². The van der Waals surface area contributed by atoms with Gasteiger partial charge in [-0.05, 0) is 12.1 Å². The zero-order valence-corrected chi connectivity index (χ0v) is 8.28. The number of ether oxygens (including phenoxy) is 1. The van der Waals surface area contributed by atoms with Crippen LogP contribution in [0, 0.1) is 0 Å². The molecule has 0 heterocycles. The summed E-state index contributed by atoms with van der Waals surface area (Å²) in [5.41, 5.74) is 5.83. The maximum absolute atomic E-state index is 12.0. The van der Waals surface area contributed by atoms with Gasteiger partial charge in [-0.25, -0.2) is 4.99 Å². The summed E-state index contributed by atoms with van der Waals surface area (Å²) in [5.74, 6) is 0.407. The maximum atomic E-state index is 12.0. The van der Waals surface area contributed by atoms with E-state index in [9.17, 15) is 8.78 Å². The van der Waals surface area contributed by atoms with E-state index in [1.54, 1.807) is 18.2 Å². The van der Waals surface area contributed by atoms with E-state index in [4.69, 9.17) is 5.73 Å². The molecule has 1 rings (SSSR count). The lowest BCUT2D eigenvalue weighted by Gasteiger charge is -2.07. The molecular weight excluding hydrogens is 202 g/mol. The van der Waals surface area contributed by atoms with Gasteiger partial charge in [0.1, 0.15) is 5.69 Å². The van der Waals surface area contributed by atoms with E-state index >= 15 is 0 Å². The van der Waals surface area contributed by atoms with E-state index in [-0.39, 0.29) is 5.75 Å². The summed E-state index contributed by atoms with van der Waals surface area (Å²) < 4.78 is 28.3. The Morgan fingerprint density at radius 2 is 2.13 bits per heavy atom. The molecule has 0 fully saturated rings. The number of nitrogens with two attached hydrogens (primary N) is 1. The third kappa shape index (κ3) is 3.53. The van der Waals surface area contributed by atoms with Crippen LogP contribution in [-0.2, 0) is 0 Å². The fraction of sp³-hybridized carbons (Fsp3) is 0.300. The molecule has 0 bridgehead atoms. The summed E-state index contributed by atoms with van der Waals surface area (Å²) in [5, 5.41) is 0. The number of hydrogen-bond acceptors (Lipinski definition) is 2. The van der Waals surface area contributed by atoms with Gasteiger partial charge >= 0.3 is 6.61 Å². The van der Waals surface area contributed by atoms with Gasteiger partial charge in [-0.15, -0.1) is 0 Å². The van der Waals surface area contributed by atoms with Crippen LogP contribution < -0.4 is 10.5 Å². The van der Waals surface area contributed by atoms with Gasteiger partial charge in [-0.1, -0.05) is 19.1 Å². The summed E-state index contributed by atoms with van der Waals surface area (Å²) in [6.45, 7) is -1.03. The van der Waals surface area contributed by atoms with E-state index < -0.39 is 6.61 Å². The minimum absolute atomic E-state index is 0.0314. The highest BCUT2D eigenvalue weighted by Gasteiger charge is 2.08. The average molecular weight is 214 g/mol. The molecule has 1 aromatic rings. The Labute approximate surface area is 86.6 Å². The average Bonchev–Trinajstić information content (AvgIpc) is 2.20. The lowest BCUT2D eigenvalue weighted by atomic mass is 10.3. The lowest BCUT2D eigenvalue weighted by molar-refractivity contribution is -0.0494. The molecule has 0 aliphatic carbocycles. The molecule has 5 heteroatoms. The molecule has 0 saturated carbocycles. The summed E-state index contributed by atoms with van der Waals surface area (Å²) >= 11 is 0. The second-order valence-corrected chi connectivity index (χ2v) is 2.80. The van der Waals surface area contributed by atoms with Gasteiger partial charge in [-0.3, -0.25) is 0 Å². The number of halogens is 2. The van der Waals surface area contributed by atoms with Gasteiger partial charge in [0.15, 0.2) is 5.75 Å². The van der Waals surface area contributed by atoms with Crippen molar-refractivity contribution in [1.82, 2.24) is 0 Å². The number of benzene rings is 1. The van der Waals surface area contributed by atoms with Crippen LogP contribution in [0.25, 0.3) is 0 Å². The first-order chi connectivity index (χ1) is 7.13. The van der Waals surface area contributed by atoms with Crippen molar-refractivity contribution in [3.8, 4) is 5.75 Å². The molecule has 2 N–H and O–H groups in total. The zero-order chi connectivity index (χ0) is 11.3. The van der Waals surface area contributed by atoms with E-state index in [0.717, 1.165) is 0 Å². The zero-order valence-electron chi connectivity index (χ0n) is 8.28. The highest BCUT2D eigenvalue weighted by atomic mass is 19.3. The Bertz CT molecular complexity index is 353. The second-order valence-electron chi connectivity index (χ2n) is 2.80. The molecule has 0 aromatic heterocycles. The fourth-order valence-corrected chi connectivity index (χ4v) is 0.979. The topological polar surface area (TPSA) is 47.6 Å². The molecule has 1 aromatic carbocycles. The van der Waals surface area contributed by atoms with Gasteiger partial charge in [0.2, 0.25) is 0 Å². The number of nitrogens with zero attached hydrogens (tertiary/aromatic N) is 1. The smallest absolute Gasteiger partial charge is 0.387 e. The van der Waals surface area contributed by atoms with Crippen LogP contribution in [0.3, 0.4) is 0 Å². The molecule has 82 valence electrons. The van der Waals surface area contributed by atoms with Crippen molar-refractivity contribution in [2.45, 2.75) is 20.0 Å². The van der Waals surface area contributed by atoms with E-state index in [0.29, 0.717) is 17.9 Å². The highest BCUT2D eigenvalue weighted by molar-refractivity contribution is 5.83. The van der Waals surface area contributed by atoms with Crippen molar-refractivity contribution in [2.24, 2.45) is 10.7 Å². The highest BCUT2D eigenvalue weighted by Crippen LogP contribution is 2.28. The Morgan fingerprint density at radius 3 is 2.73 bits per heavy atom. The maximum Gasteiger partial charge on any atom is 0.387 e. The minimum Gasteiger partial charge on any atom is -0.433 e. The number of rotatable bonds is 4. The lowest BCUT2D eigenvalue weighted by Crippen LogP contribution is -2.09. The SMILES string of the molecule is CCC(N)=Nc1ccccc1OC(F)F. The summed E-state index contributed by atoms with van der Waals surface area (Å²) in [4.78, 5) is 3.97. The molecule has 15 heavy (non-hydrogen) atoms. The minimum atomic E-state index is -2.86. The first-order valence-corrected chi connectivity index (χ1v) is 4.50. The number of amidine groups is 1. The van der Waals surface area contributed by atoms with E-state index in [2.05, 4.69) is 9.73 Å². The molecule has 3 nitrogen and oxygen atoms in total. The molecule has 0 aliphatic rings. The quantitative estimate of drug-likeness (QED) is 0.618. The third-order valence-electron chi connectivity index (χ3n) is 1.71. The van der Waals surface area contributed by atoms with E-state index in [1.807, 2.05) is 6.92 Å². The van der Waals surface area contributed by atoms with Crippen LogP contribution in [0.5, 0.6) is 5.75 Å². The fourth-order valence-electron chi connectivity index (χ4n) is 0.979. The van der Waals surface area contributed by atoms with Crippen molar-refractivity contribution >= 4 is 11.5 Å². The monoisotopic (exact) mass is 214 g/mol. The molecule has 0 atom stereocenters. The van der Waals surface area contributed by atoms with Crippen LogP contribution in [-0.4, -0.2) is 12.4 Å². The van der Waals surface area contributed by atoms with Crippen molar-refractivity contribution in [3.05, 3.63) is 24.3 Å². The molecular formula is C10H12F2N2O. The van der Waals surface area contributed by atoms with Crippen molar-refractivity contribution < 1.29 is 13.5 Å². The number of aliphatic imine (C=N–C) groups is 1. The van der Waals surface area contributed by atoms with Crippen LogP contribution in [0.4, 0.5) is 14.5 Å². The largest absolute Gasteiger partial charge is 0.433 e. The second kappa shape index (κ2) is 5.29. The Morgan fingerprint density at radius 1 is 1.47 bits per heavy atom. The van der Waals surface area contributed by atoms with Gasteiger partial charge in [0, 0.05) is 6.42 Å². The number of hydrogen-bond donors (Lipinski definition) is 1. The van der Waals surface area contributed by atoms with E-state index in [1.165, 1.54) is 6.07 Å². The number of para-hydroxylation sites is 2. The van der Waals surface area contributed by atoms with Crippen LogP contribution in [0.1, 0.15) is 13.3 Å². The predicted octanol–water partition coefficient (Wildman–Crippen LogP) is 2.69.